The van der Waals surface area contributed by atoms with E-state index in [0.29, 0.717) is 11.4 Å². The van der Waals surface area contributed by atoms with Crippen molar-refractivity contribution in [2.75, 3.05) is 43.9 Å². The number of piperidine rings is 1. The molecule has 1 saturated heterocycles. The summed E-state index contributed by atoms with van der Waals surface area (Å²) in [5.74, 6) is 1.87. The molecule has 1 aromatic heterocycles. The van der Waals surface area contributed by atoms with E-state index in [4.69, 9.17) is 10.4 Å². The third-order valence-electron chi connectivity index (χ3n) is 5.94. The number of hydrogen-bond donors (Lipinski definition) is 4. The van der Waals surface area contributed by atoms with E-state index in [9.17, 15) is 4.79 Å². The Morgan fingerprint density at radius 1 is 1.21 bits per heavy atom. The predicted octanol–water partition coefficient (Wildman–Crippen LogP) is 2.38. The molecular weight excluding hydrogens is 352 g/mol. The Kier molecular flexibility index (Phi) is 7.25. The molecular formula is C21H34N6O. The second-order valence-corrected chi connectivity index (χ2v) is 8.07. The Labute approximate surface area is 168 Å². The molecule has 4 N–H and O–H groups in total. The van der Waals surface area contributed by atoms with Crippen molar-refractivity contribution in [2.45, 2.75) is 51.0 Å². The molecule has 1 aromatic rings. The van der Waals surface area contributed by atoms with Crippen molar-refractivity contribution in [3.05, 3.63) is 17.7 Å². The predicted molar refractivity (Wildman–Crippen MR) is 114 cm³/mol. The van der Waals surface area contributed by atoms with E-state index in [1.807, 2.05) is 12.1 Å². The molecule has 154 valence electrons. The lowest BCUT2D eigenvalue weighted by Crippen LogP contribution is -2.45. The first-order valence-corrected chi connectivity index (χ1v) is 10.6. The Hall–Kier alpha value is -2.15. The standard InChI is InChI=1S/C21H34N6O/c1-23-20-17(19(22)21(28)25-16-10-12-24-13-11-16)8-9-18(26-20)27(2)14-15-6-4-3-5-7-15/h8-9,15-16,22,24H,3-7,10-14H2,1-2H3,(H,23,26)(H,25,28). The van der Waals surface area contributed by atoms with Crippen LogP contribution in [0.2, 0.25) is 0 Å². The summed E-state index contributed by atoms with van der Waals surface area (Å²) in [5.41, 5.74) is 0.514. The number of carbonyl (C=O) groups is 1. The highest BCUT2D eigenvalue weighted by Gasteiger charge is 2.22. The minimum absolute atomic E-state index is 0.0307. The zero-order valence-corrected chi connectivity index (χ0v) is 17.2. The molecule has 1 aliphatic heterocycles. The van der Waals surface area contributed by atoms with Crippen LogP contribution in [0.1, 0.15) is 50.5 Å². The Morgan fingerprint density at radius 2 is 1.93 bits per heavy atom. The number of nitrogens with one attached hydrogen (secondary N) is 4. The lowest BCUT2D eigenvalue weighted by molar-refractivity contribution is -0.115. The highest BCUT2D eigenvalue weighted by molar-refractivity contribution is 6.45. The maximum absolute atomic E-state index is 12.5. The fourth-order valence-corrected chi connectivity index (χ4v) is 4.25. The number of rotatable bonds is 7. The fraction of sp³-hybridized carbons (Fsp3) is 0.667. The molecule has 1 aliphatic carbocycles. The summed E-state index contributed by atoms with van der Waals surface area (Å²) in [6.07, 6.45) is 8.41. The quantitative estimate of drug-likeness (QED) is 0.540. The van der Waals surface area contributed by atoms with E-state index in [1.165, 1.54) is 32.1 Å². The minimum Gasteiger partial charge on any atom is -0.373 e. The average molecular weight is 387 g/mol. The smallest absolute Gasteiger partial charge is 0.270 e. The SMILES string of the molecule is CNc1nc(N(C)CC2CCCCC2)ccc1C(=N)C(=O)NC1CCNCC1. The van der Waals surface area contributed by atoms with Crippen LogP contribution < -0.4 is 20.9 Å². The molecule has 0 unspecified atom stereocenters. The van der Waals surface area contributed by atoms with Gasteiger partial charge in [-0.1, -0.05) is 19.3 Å². The van der Waals surface area contributed by atoms with Crippen LogP contribution in [0, 0.1) is 11.3 Å². The molecule has 2 fully saturated rings. The van der Waals surface area contributed by atoms with E-state index in [-0.39, 0.29) is 17.7 Å². The van der Waals surface area contributed by atoms with Crippen molar-refractivity contribution >= 4 is 23.3 Å². The summed E-state index contributed by atoms with van der Waals surface area (Å²) in [6.45, 7) is 2.82. The molecule has 28 heavy (non-hydrogen) atoms. The van der Waals surface area contributed by atoms with Gasteiger partial charge in [0.05, 0.1) is 0 Å². The molecule has 1 amide bonds. The molecule has 0 atom stereocenters. The molecule has 7 nitrogen and oxygen atoms in total. The lowest BCUT2D eigenvalue weighted by Gasteiger charge is -2.28. The molecule has 0 spiro atoms. The van der Waals surface area contributed by atoms with Crippen molar-refractivity contribution in [1.82, 2.24) is 15.6 Å². The number of nitrogens with zero attached hydrogens (tertiary/aromatic N) is 2. The van der Waals surface area contributed by atoms with Crippen LogP contribution in [0.3, 0.4) is 0 Å². The second-order valence-electron chi connectivity index (χ2n) is 8.07. The first kappa shape index (κ1) is 20.6. The molecule has 0 bridgehead atoms. The number of hydrogen-bond acceptors (Lipinski definition) is 6. The van der Waals surface area contributed by atoms with Crippen LogP contribution in [-0.2, 0) is 4.79 Å². The Bertz CT molecular complexity index is 679. The van der Waals surface area contributed by atoms with Gasteiger partial charge in [-0.3, -0.25) is 10.2 Å². The van der Waals surface area contributed by atoms with E-state index in [1.54, 1.807) is 7.05 Å². The Balaban J connectivity index is 1.65. The maximum Gasteiger partial charge on any atom is 0.270 e. The van der Waals surface area contributed by atoms with Gasteiger partial charge in [0.1, 0.15) is 17.3 Å². The van der Waals surface area contributed by atoms with Crippen molar-refractivity contribution in [3.63, 3.8) is 0 Å². The summed E-state index contributed by atoms with van der Waals surface area (Å²) < 4.78 is 0. The second kappa shape index (κ2) is 9.87. The molecule has 2 aliphatic rings. The first-order chi connectivity index (χ1) is 13.6. The summed E-state index contributed by atoms with van der Waals surface area (Å²) in [7, 11) is 3.86. The van der Waals surface area contributed by atoms with Crippen molar-refractivity contribution in [3.8, 4) is 0 Å². The van der Waals surface area contributed by atoms with E-state index >= 15 is 0 Å². The normalized spacial score (nSPS) is 18.5. The van der Waals surface area contributed by atoms with Crippen LogP contribution in [0.4, 0.5) is 11.6 Å². The van der Waals surface area contributed by atoms with Crippen LogP contribution in [-0.4, -0.2) is 56.4 Å². The van der Waals surface area contributed by atoms with Crippen LogP contribution >= 0.6 is 0 Å². The van der Waals surface area contributed by atoms with Gasteiger partial charge in [0.25, 0.3) is 5.91 Å². The zero-order chi connectivity index (χ0) is 19.9. The highest BCUT2D eigenvalue weighted by Crippen LogP contribution is 2.26. The van der Waals surface area contributed by atoms with Crippen LogP contribution in [0.5, 0.6) is 0 Å². The van der Waals surface area contributed by atoms with Gasteiger partial charge in [-0.25, -0.2) is 4.98 Å². The maximum atomic E-state index is 12.5. The van der Waals surface area contributed by atoms with Crippen LogP contribution in [0.15, 0.2) is 12.1 Å². The van der Waals surface area contributed by atoms with Crippen LogP contribution in [0.25, 0.3) is 0 Å². The summed E-state index contributed by atoms with van der Waals surface area (Å²) in [6, 6.07) is 3.90. The van der Waals surface area contributed by atoms with Crippen molar-refractivity contribution < 1.29 is 4.79 Å². The summed E-state index contributed by atoms with van der Waals surface area (Å²) in [4.78, 5) is 19.4. The molecule has 1 saturated carbocycles. The average Bonchev–Trinajstić information content (AvgIpc) is 2.74. The third-order valence-corrected chi connectivity index (χ3v) is 5.94. The van der Waals surface area contributed by atoms with Gasteiger partial charge in [-0.15, -0.1) is 0 Å². The molecule has 3 rings (SSSR count). The van der Waals surface area contributed by atoms with Gasteiger partial charge in [-0.05, 0) is 56.8 Å². The zero-order valence-electron chi connectivity index (χ0n) is 17.2. The van der Waals surface area contributed by atoms with Gasteiger partial charge in [0.15, 0.2) is 0 Å². The third kappa shape index (κ3) is 5.22. The van der Waals surface area contributed by atoms with Crippen molar-refractivity contribution in [1.29, 1.82) is 5.41 Å². The van der Waals surface area contributed by atoms with E-state index in [2.05, 4.69) is 27.9 Å². The number of amides is 1. The molecule has 0 radical (unpaired) electrons. The van der Waals surface area contributed by atoms with Gasteiger partial charge >= 0.3 is 0 Å². The minimum atomic E-state index is -0.325. The van der Waals surface area contributed by atoms with Gasteiger partial charge < -0.3 is 20.9 Å². The van der Waals surface area contributed by atoms with E-state index < -0.39 is 0 Å². The fourth-order valence-electron chi connectivity index (χ4n) is 4.25. The molecule has 0 aromatic carbocycles. The molecule has 7 heteroatoms. The number of pyridine rings is 1. The lowest BCUT2D eigenvalue weighted by atomic mass is 9.89. The number of anilines is 2. The number of aromatic nitrogens is 1. The number of carbonyl (C=O) groups excluding carboxylic acids is 1. The Morgan fingerprint density at radius 3 is 2.61 bits per heavy atom. The topological polar surface area (TPSA) is 93.1 Å². The monoisotopic (exact) mass is 386 g/mol. The van der Waals surface area contributed by atoms with Gasteiger partial charge in [-0.2, -0.15) is 0 Å². The van der Waals surface area contributed by atoms with Crippen molar-refractivity contribution in [2.24, 2.45) is 5.92 Å². The largest absolute Gasteiger partial charge is 0.373 e. The van der Waals surface area contributed by atoms with Gasteiger partial charge in [0.2, 0.25) is 0 Å². The van der Waals surface area contributed by atoms with E-state index in [0.717, 1.165) is 44.2 Å². The summed E-state index contributed by atoms with van der Waals surface area (Å²) in [5, 5.41) is 17.7. The first-order valence-electron chi connectivity index (χ1n) is 10.6. The van der Waals surface area contributed by atoms with Gasteiger partial charge in [0, 0.05) is 32.2 Å². The summed E-state index contributed by atoms with van der Waals surface area (Å²) >= 11 is 0. The highest BCUT2D eigenvalue weighted by atomic mass is 16.1. The molecule has 2 heterocycles.